The van der Waals surface area contributed by atoms with Crippen molar-refractivity contribution >= 4 is 27.5 Å². The van der Waals surface area contributed by atoms with Crippen molar-refractivity contribution in [2.75, 3.05) is 13.1 Å². The maximum absolute atomic E-state index is 6.39. The molecule has 1 aromatic carbocycles. The van der Waals surface area contributed by atoms with Crippen LogP contribution in [0.1, 0.15) is 29.7 Å². The van der Waals surface area contributed by atoms with E-state index in [0.717, 1.165) is 40.4 Å². The van der Waals surface area contributed by atoms with Gasteiger partial charge in [-0.15, -0.1) is 0 Å². The Labute approximate surface area is 139 Å². The second-order valence-electron chi connectivity index (χ2n) is 5.21. The van der Waals surface area contributed by atoms with E-state index in [1.807, 2.05) is 20.0 Å². The Morgan fingerprint density at radius 3 is 2.67 bits per heavy atom. The summed E-state index contributed by atoms with van der Waals surface area (Å²) in [5.74, 6) is 0.362. The largest absolute Gasteiger partial charge is 0.316 e. The lowest BCUT2D eigenvalue weighted by Gasteiger charge is -2.19. The lowest BCUT2D eigenvalue weighted by Crippen LogP contribution is -2.23. The SMILES string of the molecule is CCNCC(Cc1c(C)nn(C)c1Cl)c1ccccc1Br. The zero-order valence-electron chi connectivity index (χ0n) is 12.7. The van der Waals surface area contributed by atoms with Crippen LogP contribution in [0, 0.1) is 6.92 Å². The molecule has 2 rings (SSSR count). The summed E-state index contributed by atoms with van der Waals surface area (Å²) in [5.41, 5.74) is 3.45. The molecular weight excluding hydrogens is 350 g/mol. The fourth-order valence-electron chi connectivity index (χ4n) is 2.57. The summed E-state index contributed by atoms with van der Waals surface area (Å²) >= 11 is 10.1. The van der Waals surface area contributed by atoms with E-state index in [1.165, 1.54) is 5.56 Å². The van der Waals surface area contributed by atoms with Crippen molar-refractivity contribution in [2.45, 2.75) is 26.2 Å². The van der Waals surface area contributed by atoms with Crippen LogP contribution in [0.3, 0.4) is 0 Å². The molecule has 0 radical (unpaired) electrons. The summed E-state index contributed by atoms with van der Waals surface area (Å²) < 4.78 is 2.89. The van der Waals surface area contributed by atoms with E-state index in [9.17, 15) is 0 Å². The molecule has 0 saturated heterocycles. The molecule has 5 heteroatoms. The number of nitrogens with one attached hydrogen (secondary N) is 1. The quantitative estimate of drug-likeness (QED) is 0.830. The molecule has 1 heterocycles. The molecule has 0 aliphatic carbocycles. The number of aromatic nitrogens is 2. The van der Waals surface area contributed by atoms with E-state index in [2.05, 4.69) is 51.5 Å². The average molecular weight is 371 g/mol. The topological polar surface area (TPSA) is 29.9 Å². The maximum atomic E-state index is 6.39. The van der Waals surface area contributed by atoms with Gasteiger partial charge in [0.25, 0.3) is 0 Å². The van der Waals surface area contributed by atoms with Gasteiger partial charge in [0.15, 0.2) is 0 Å². The van der Waals surface area contributed by atoms with Gasteiger partial charge in [-0.3, -0.25) is 4.68 Å². The first-order chi connectivity index (χ1) is 10.0. The first kappa shape index (κ1) is 16.5. The molecule has 114 valence electrons. The van der Waals surface area contributed by atoms with E-state index in [0.29, 0.717) is 5.92 Å². The van der Waals surface area contributed by atoms with Crippen molar-refractivity contribution in [1.29, 1.82) is 0 Å². The molecule has 1 atom stereocenters. The fraction of sp³-hybridized carbons (Fsp3) is 0.438. The van der Waals surface area contributed by atoms with E-state index in [-0.39, 0.29) is 0 Å². The van der Waals surface area contributed by atoms with Crippen LogP contribution < -0.4 is 5.32 Å². The predicted octanol–water partition coefficient (Wildman–Crippen LogP) is 4.08. The van der Waals surface area contributed by atoms with Gasteiger partial charge < -0.3 is 5.32 Å². The van der Waals surface area contributed by atoms with Crippen LogP contribution in [-0.2, 0) is 13.5 Å². The Hall–Kier alpha value is -0.840. The van der Waals surface area contributed by atoms with Crippen LogP contribution in [0.15, 0.2) is 28.7 Å². The zero-order chi connectivity index (χ0) is 15.4. The molecule has 1 unspecified atom stereocenters. The second kappa shape index (κ2) is 7.43. The Morgan fingerprint density at radius 1 is 1.38 bits per heavy atom. The van der Waals surface area contributed by atoms with Gasteiger partial charge in [0.1, 0.15) is 5.15 Å². The van der Waals surface area contributed by atoms with Crippen LogP contribution in [-0.4, -0.2) is 22.9 Å². The third-order valence-electron chi connectivity index (χ3n) is 3.71. The van der Waals surface area contributed by atoms with Gasteiger partial charge in [0.05, 0.1) is 5.69 Å². The summed E-state index contributed by atoms with van der Waals surface area (Å²) in [7, 11) is 1.89. The molecule has 3 nitrogen and oxygen atoms in total. The maximum Gasteiger partial charge on any atom is 0.130 e. The number of rotatable bonds is 6. The zero-order valence-corrected chi connectivity index (χ0v) is 15.0. The van der Waals surface area contributed by atoms with Crippen LogP contribution in [0.25, 0.3) is 0 Å². The van der Waals surface area contributed by atoms with E-state index in [1.54, 1.807) is 4.68 Å². The molecule has 0 saturated carbocycles. The van der Waals surface area contributed by atoms with Crippen molar-refractivity contribution < 1.29 is 0 Å². The summed E-state index contributed by atoms with van der Waals surface area (Å²) in [6.45, 7) is 6.02. The molecule has 0 amide bonds. The molecule has 1 N–H and O–H groups in total. The third kappa shape index (κ3) is 3.87. The summed E-state index contributed by atoms with van der Waals surface area (Å²) in [6, 6.07) is 8.38. The van der Waals surface area contributed by atoms with Crippen LogP contribution in [0.5, 0.6) is 0 Å². The van der Waals surface area contributed by atoms with Gasteiger partial charge in [0.2, 0.25) is 0 Å². The third-order valence-corrected chi connectivity index (χ3v) is 4.90. The van der Waals surface area contributed by atoms with Crippen molar-refractivity contribution in [3.63, 3.8) is 0 Å². The minimum absolute atomic E-state index is 0.362. The lowest BCUT2D eigenvalue weighted by molar-refractivity contribution is 0.592. The number of benzene rings is 1. The minimum Gasteiger partial charge on any atom is -0.316 e. The number of nitrogens with zero attached hydrogens (tertiary/aromatic N) is 2. The Bertz CT molecular complexity index is 610. The Kier molecular flexibility index (Phi) is 5.85. The van der Waals surface area contributed by atoms with Gasteiger partial charge in [-0.1, -0.05) is 52.7 Å². The number of halogens is 2. The lowest BCUT2D eigenvalue weighted by atomic mass is 9.92. The Morgan fingerprint density at radius 2 is 2.10 bits per heavy atom. The van der Waals surface area contributed by atoms with Crippen molar-refractivity contribution in [1.82, 2.24) is 15.1 Å². The van der Waals surface area contributed by atoms with Gasteiger partial charge in [-0.05, 0) is 31.5 Å². The highest BCUT2D eigenvalue weighted by Crippen LogP contribution is 2.30. The highest BCUT2D eigenvalue weighted by Gasteiger charge is 2.20. The van der Waals surface area contributed by atoms with Gasteiger partial charge in [0, 0.05) is 29.5 Å². The molecule has 0 fully saturated rings. The van der Waals surface area contributed by atoms with Crippen LogP contribution in [0.2, 0.25) is 5.15 Å². The van der Waals surface area contributed by atoms with E-state index >= 15 is 0 Å². The first-order valence-electron chi connectivity index (χ1n) is 7.17. The fourth-order valence-corrected chi connectivity index (χ4v) is 3.43. The van der Waals surface area contributed by atoms with Gasteiger partial charge >= 0.3 is 0 Å². The molecule has 0 spiro atoms. The van der Waals surface area contributed by atoms with Gasteiger partial charge in [-0.25, -0.2) is 0 Å². The number of hydrogen-bond acceptors (Lipinski definition) is 2. The first-order valence-corrected chi connectivity index (χ1v) is 8.34. The smallest absolute Gasteiger partial charge is 0.130 e. The molecule has 1 aromatic heterocycles. The van der Waals surface area contributed by atoms with Crippen molar-refractivity contribution in [3.8, 4) is 0 Å². The normalized spacial score (nSPS) is 12.6. The van der Waals surface area contributed by atoms with E-state index < -0.39 is 0 Å². The highest BCUT2D eigenvalue weighted by molar-refractivity contribution is 9.10. The monoisotopic (exact) mass is 369 g/mol. The summed E-state index contributed by atoms with van der Waals surface area (Å²) in [5, 5.41) is 8.60. The molecule has 0 aliphatic rings. The molecule has 21 heavy (non-hydrogen) atoms. The molecule has 0 bridgehead atoms. The second-order valence-corrected chi connectivity index (χ2v) is 6.42. The standard InChI is InChI=1S/C16H21BrClN3/c1-4-19-10-12(13-7-5-6-8-15(13)17)9-14-11(2)20-21(3)16(14)18/h5-8,12,19H,4,9-10H2,1-3H3. The number of hydrogen-bond donors (Lipinski definition) is 1. The van der Waals surface area contributed by atoms with Crippen molar-refractivity contribution in [2.24, 2.45) is 7.05 Å². The molecule has 2 aromatic rings. The Balaban J connectivity index is 2.31. The number of aryl methyl sites for hydroxylation is 2. The van der Waals surface area contributed by atoms with Gasteiger partial charge in [-0.2, -0.15) is 5.10 Å². The summed E-state index contributed by atoms with van der Waals surface area (Å²) in [6.07, 6.45) is 0.883. The number of likely N-dealkylation sites (N-methyl/N-ethyl adjacent to an activating group) is 1. The summed E-state index contributed by atoms with van der Waals surface area (Å²) in [4.78, 5) is 0. The van der Waals surface area contributed by atoms with E-state index in [4.69, 9.17) is 11.6 Å². The van der Waals surface area contributed by atoms with Crippen LogP contribution in [0.4, 0.5) is 0 Å². The van der Waals surface area contributed by atoms with Crippen molar-refractivity contribution in [3.05, 3.63) is 50.7 Å². The molecule has 0 aliphatic heterocycles. The highest BCUT2D eigenvalue weighted by atomic mass is 79.9. The van der Waals surface area contributed by atoms with Crippen LogP contribution >= 0.6 is 27.5 Å². The molecular formula is C16H21BrClN3. The average Bonchev–Trinajstić information content (AvgIpc) is 2.70. The predicted molar refractivity (Wildman–Crippen MR) is 92.1 cm³/mol. The minimum atomic E-state index is 0.362.